The molecule has 0 fully saturated rings. The predicted octanol–water partition coefficient (Wildman–Crippen LogP) is 4.04. The normalized spacial score (nSPS) is 12.0. The molecule has 1 atom stereocenters. The fraction of sp³-hybridized carbons (Fsp3) is 0.476. The van der Waals surface area contributed by atoms with Gasteiger partial charge in [-0.05, 0) is 51.8 Å². The number of aromatic nitrogens is 2. The molecule has 1 aromatic carbocycles. The van der Waals surface area contributed by atoms with Crippen LogP contribution in [0.25, 0.3) is 0 Å². The highest BCUT2D eigenvalue weighted by molar-refractivity contribution is 5.33. The molecule has 2 rings (SSSR count). The van der Waals surface area contributed by atoms with Crippen molar-refractivity contribution in [3.8, 4) is 11.8 Å². The minimum Gasteiger partial charge on any atom is -0.290 e. The molecule has 0 aliphatic heterocycles. The summed E-state index contributed by atoms with van der Waals surface area (Å²) in [5.74, 6) is 6.60. The number of hydrogen-bond donors (Lipinski definition) is 0. The fourth-order valence-corrected chi connectivity index (χ4v) is 2.80. The topological polar surface area (TPSA) is 21.1 Å². The van der Waals surface area contributed by atoms with E-state index in [2.05, 4.69) is 65.5 Å². The molecule has 0 saturated carbocycles. The summed E-state index contributed by atoms with van der Waals surface area (Å²) in [6, 6.07) is 12.9. The lowest BCUT2D eigenvalue weighted by molar-refractivity contribution is 0.222. The second kappa shape index (κ2) is 9.30. The van der Waals surface area contributed by atoms with Crippen LogP contribution in [-0.2, 0) is 6.54 Å². The molecule has 24 heavy (non-hydrogen) atoms. The Kier molecular flexibility index (Phi) is 7.08. The van der Waals surface area contributed by atoms with Gasteiger partial charge in [-0.15, -0.1) is 0 Å². The molecule has 1 aromatic heterocycles. The molecule has 3 heteroatoms. The Hall–Kier alpha value is -2.05. The Bertz CT molecular complexity index is 676. The first-order chi connectivity index (χ1) is 11.6. The molecular formula is C21H29N3. The molecule has 1 unspecified atom stereocenters. The summed E-state index contributed by atoms with van der Waals surface area (Å²) in [5.41, 5.74) is 3.43. The van der Waals surface area contributed by atoms with E-state index in [0.29, 0.717) is 6.04 Å². The summed E-state index contributed by atoms with van der Waals surface area (Å²) in [7, 11) is 0. The van der Waals surface area contributed by atoms with Crippen LogP contribution in [0.15, 0.2) is 36.4 Å². The van der Waals surface area contributed by atoms with Gasteiger partial charge in [0.1, 0.15) is 0 Å². The number of benzene rings is 1. The maximum absolute atomic E-state index is 4.54. The molecule has 0 aliphatic rings. The lowest BCUT2D eigenvalue weighted by Crippen LogP contribution is -2.34. The van der Waals surface area contributed by atoms with Crippen molar-refractivity contribution in [3.05, 3.63) is 53.3 Å². The summed E-state index contributed by atoms with van der Waals surface area (Å²) in [5, 5.41) is 4.54. The summed E-state index contributed by atoms with van der Waals surface area (Å²) in [4.78, 5) is 2.47. The standard InChI is InChI=1S/C21H29N3/c1-5-19(3)23(14-9-13-21-11-7-6-8-12-21)15-10-16-24-20(4)17-18(2)22-24/h6-8,11-12,17,19H,5,10,14-16H2,1-4H3. The third-order valence-electron chi connectivity index (χ3n) is 4.42. The van der Waals surface area contributed by atoms with Crippen molar-refractivity contribution in [3.63, 3.8) is 0 Å². The average molecular weight is 323 g/mol. The Morgan fingerprint density at radius 3 is 2.58 bits per heavy atom. The Morgan fingerprint density at radius 2 is 1.96 bits per heavy atom. The van der Waals surface area contributed by atoms with Gasteiger partial charge in [-0.2, -0.15) is 5.10 Å². The third kappa shape index (κ3) is 5.54. The molecule has 0 aliphatic carbocycles. The lowest BCUT2D eigenvalue weighted by Gasteiger charge is -2.26. The predicted molar refractivity (Wildman–Crippen MR) is 101 cm³/mol. The van der Waals surface area contributed by atoms with E-state index in [0.717, 1.165) is 43.7 Å². The van der Waals surface area contributed by atoms with E-state index in [1.807, 2.05) is 25.1 Å². The maximum atomic E-state index is 4.54. The molecule has 2 aromatic rings. The maximum Gasteiger partial charge on any atom is 0.0607 e. The van der Waals surface area contributed by atoms with E-state index < -0.39 is 0 Å². The summed E-state index contributed by atoms with van der Waals surface area (Å²) in [6.07, 6.45) is 2.24. The molecule has 128 valence electrons. The van der Waals surface area contributed by atoms with Crippen molar-refractivity contribution in [2.45, 2.75) is 53.1 Å². The van der Waals surface area contributed by atoms with E-state index in [4.69, 9.17) is 0 Å². The van der Waals surface area contributed by atoms with Gasteiger partial charge in [0.25, 0.3) is 0 Å². The first-order valence-corrected chi connectivity index (χ1v) is 8.89. The zero-order valence-electron chi connectivity index (χ0n) is 15.4. The molecular weight excluding hydrogens is 294 g/mol. The van der Waals surface area contributed by atoms with Crippen LogP contribution >= 0.6 is 0 Å². The van der Waals surface area contributed by atoms with Gasteiger partial charge in [0, 0.05) is 30.4 Å². The van der Waals surface area contributed by atoms with Crippen molar-refractivity contribution < 1.29 is 0 Å². The molecule has 0 saturated heterocycles. The minimum atomic E-state index is 0.551. The van der Waals surface area contributed by atoms with Gasteiger partial charge in [0.05, 0.1) is 12.2 Å². The van der Waals surface area contributed by atoms with Gasteiger partial charge >= 0.3 is 0 Å². The van der Waals surface area contributed by atoms with Crippen LogP contribution in [0.2, 0.25) is 0 Å². The lowest BCUT2D eigenvalue weighted by atomic mass is 10.2. The van der Waals surface area contributed by atoms with Crippen LogP contribution in [0.4, 0.5) is 0 Å². The largest absolute Gasteiger partial charge is 0.290 e. The molecule has 1 heterocycles. The Labute approximate surface area is 146 Å². The van der Waals surface area contributed by atoms with E-state index in [1.165, 1.54) is 5.69 Å². The Balaban J connectivity index is 1.89. The van der Waals surface area contributed by atoms with Gasteiger partial charge in [-0.25, -0.2) is 0 Å². The summed E-state index contributed by atoms with van der Waals surface area (Å²) in [6.45, 7) is 11.5. The molecule has 3 nitrogen and oxygen atoms in total. The van der Waals surface area contributed by atoms with Gasteiger partial charge in [-0.3, -0.25) is 9.58 Å². The second-order valence-corrected chi connectivity index (χ2v) is 6.40. The van der Waals surface area contributed by atoms with Crippen LogP contribution in [-0.4, -0.2) is 33.8 Å². The zero-order valence-corrected chi connectivity index (χ0v) is 15.4. The molecule has 0 radical (unpaired) electrons. The van der Waals surface area contributed by atoms with Crippen molar-refractivity contribution in [2.75, 3.05) is 13.1 Å². The van der Waals surface area contributed by atoms with Crippen LogP contribution in [0.1, 0.15) is 43.6 Å². The molecule has 0 amide bonds. The fourth-order valence-electron chi connectivity index (χ4n) is 2.80. The van der Waals surface area contributed by atoms with E-state index in [1.54, 1.807) is 0 Å². The minimum absolute atomic E-state index is 0.551. The summed E-state index contributed by atoms with van der Waals surface area (Å²) >= 11 is 0. The van der Waals surface area contributed by atoms with Gasteiger partial charge in [0.2, 0.25) is 0 Å². The zero-order chi connectivity index (χ0) is 17.4. The first kappa shape index (κ1) is 18.3. The van der Waals surface area contributed by atoms with E-state index >= 15 is 0 Å². The Morgan fingerprint density at radius 1 is 1.21 bits per heavy atom. The van der Waals surface area contributed by atoms with Crippen molar-refractivity contribution in [1.82, 2.24) is 14.7 Å². The highest BCUT2D eigenvalue weighted by atomic mass is 15.3. The summed E-state index contributed by atoms with van der Waals surface area (Å²) < 4.78 is 2.11. The molecule has 0 spiro atoms. The van der Waals surface area contributed by atoms with Gasteiger partial charge < -0.3 is 0 Å². The van der Waals surface area contributed by atoms with E-state index in [-0.39, 0.29) is 0 Å². The van der Waals surface area contributed by atoms with Crippen LogP contribution < -0.4 is 0 Å². The smallest absolute Gasteiger partial charge is 0.0607 e. The number of nitrogens with zero attached hydrogens (tertiary/aromatic N) is 3. The van der Waals surface area contributed by atoms with Crippen molar-refractivity contribution in [2.24, 2.45) is 0 Å². The van der Waals surface area contributed by atoms with Crippen molar-refractivity contribution >= 4 is 0 Å². The highest BCUT2D eigenvalue weighted by Crippen LogP contribution is 2.07. The third-order valence-corrected chi connectivity index (χ3v) is 4.42. The van der Waals surface area contributed by atoms with Crippen LogP contribution in [0.3, 0.4) is 0 Å². The number of rotatable bonds is 7. The number of hydrogen-bond acceptors (Lipinski definition) is 2. The monoisotopic (exact) mass is 323 g/mol. The molecule has 0 bridgehead atoms. The highest BCUT2D eigenvalue weighted by Gasteiger charge is 2.11. The molecule has 0 N–H and O–H groups in total. The second-order valence-electron chi connectivity index (χ2n) is 6.40. The average Bonchev–Trinajstić information content (AvgIpc) is 2.91. The van der Waals surface area contributed by atoms with E-state index in [9.17, 15) is 0 Å². The number of aryl methyl sites for hydroxylation is 3. The first-order valence-electron chi connectivity index (χ1n) is 8.89. The van der Waals surface area contributed by atoms with Gasteiger partial charge in [-0.1, -0.05) is 37.0 Å². The van der Waals surface area contributed by atoms with Crippen molar-refractivity contribution in [1.29, 1.82) is 0 Å². The quantitative estimate of drug-likeness (QED) is 0.717. The SMILES string of the molecule is CCC(C)N(CC#Cc1ccccc1)CCCn1nc(C)cc1C. The van der Waals surface area contributed by atoms with Crippen LogP contribution in [0.5, 0.6) is 0 Å². The van der Waals surface area contributed by atoms with Crippen LogP contribution in [0, 0.1) is 25.7 Å². The van der Waals surface area contributed by atoms with Gasteiger partial charge in [0.15, 0.2) is 0 Å².